The maximum atomic E-state index is 13.8. The predicted octanol–water partition coefficient (Wildman–Crippen LogP) is 3.24. The highest BCUT2D eigenvalue weighted by Crippen LogP contribution is 2.21. The van der Waals surface area contributed by atoms with Crippen LogP contribution >= 0.6 is 0 Å². The van der Waals surface area contributed by atoms with Gasteiger partial charge in [0.15, 0.2) is 0 Å². The Labute approximate surface area is 105 Å². The van der Waals surface area contributed by atoms with Gasteiger partial charge in [-0.1, -0.05) is 36.4 Å². The van der Waals surface area contributed by atoms with Gasteiger partial charge in [0.1, 0.15) is 5.82 Å². The molecule has 2 aromatic rings. The van der Waals surface area contributed by atoms with E-state index < -0.39 is 5.82 Å². The highest BCUT2D eigenvalue weighted by atomic mass is 19.1. The first kappa shape index (κ1) is 12.3. The third kappa shape index (κ3) is 2.56. The second-order valence-corrected chi connectivity index (χ2v) is 3.92. The summed E-state index contributed by atoms with van der Waals surface area (Å²) in [7, 11) is 0. The van der Waals surface area contributed by atoms with Crippen LogP contribution in [0.4, 0.5) is 4.39 Å². The van der Waals surface area contributed by atoms with E-state index in [9.17, 15) is 9.18 Å². The van der Waals surface area contributed by atoms with Crippen molar-refractivity contribution in [3.63, 3.8) is 0 Å². The molecule has 0 aliphatic heterocycles. The largest absolute Gasteiger partial charge is 0.352 e. The molecule has 2 rings (SSSR count). The summed E-state index contributed by atoms with van der Waals surface area (Å²) in [5.41, 5.74) is 1.77. The van der Waals surface area contributed by atoms with Gasteiger partial charge in [0.05, 0.1) is 5.56 Å². The maximum absolute atomic E-state index is 13.8. The lowest BCUT2D eigenvalue weighted by atomic mass is 10.0. The first-order chi connectivity index (χ1) is 8.72. The van der Waals surface area contributed by atoms with E-state index in [0.29, 0.717) is 6.54 Å². The molecule has 0 radical (unpaired) electrons. The quantitative estimate of drug-likeness (QED) is 0.881. The van der Waals surface area contributed by atoms with Crippen LogP contribution < -0.4 is 5.32 Å². The second kappa shape index (κ2) is 5.45. The van der Waals surface area contributed by atoms with Gasteiger partial charge >= 0.3 is 0 Å². The van der Waals surface area contributed by atoms with Crippen LogP contribution in [0.25, 0.3) is 11.1 Å². The molecule has 0 unspecified atom stereocenters. The van der Waals surface area contributed by atoms with Gasteiger partial charge in [-0.25, -0.2) is 4.39 Å². The molecule has 0 aliphatic carbocycles. The summed E-state index contributed by atoms with van der Waals surface area (Å²) in [5, 5.41) is 2.58. The molecule has 18 heavy (non-hydrogen) atoms. The van der Waals surface area contributed by atoms with Crippen molar-refractivity contribution in [2.75, 3.05) is 6.54 Å². The Morgan fingerprint density at radius 2 is 1.83 bits per heavy atom. The van der Waals surface area contributed by atoms with E-state index >= 15 is 0 Å². The van der Waals surface area contributed by atoms with E-state index in [4.69, 9.17) is 0 Å². The van der Waals surface area contributed by atoms with Crippen molar-refractivity contribution in [2.45, 2.75) is 6.92 Å². The standard InChI is InChI=1S/C15H14FNO/c1-2-17-15(18)13-9-8-12(10-14(13)16)11-6-4-3-5-7-11/h3-10H,2H2,1H3,(H,17,18). The number of hydrogen-bond donors (Lipinski definition) is 1. The van der Waals surface area contributed by atoms with Gasteiger partial charge in [0.2, 0.25) is 0 Å². The molecule has 0 saturated heterocycles. The van der Waals surface area contributed by atoms with Crippen molar-refractivity contribution >= 4 is 5.91 Å². The van der Waals surface area contributed by atoms with Crippen molar-refractivity contribution in [1.29, 1.82) is 0 Å². The molecule has 92 valence electrons. The Morgan fingerprint density at radius 3 is 2.44 bits per heavy atom. The Hall–Kier alpha value is -2.16. The molecule has 3 heteroatoms. The highest BCUT2D eigenvalue weighted by Gasteiger charge is 2.11. The van der Waals surface area contributed by atoms with Gasteiger partial charge in [-0.05, 0) is 30.2 Å². The van der Waals surface area contributed by atoms with E-state index in [2.05, 4.69) is 5.32 Å². The molecule has 0 aliphatic rings. The molecule has 0 heterocycles. The number of carbonyl (C=O) groups excluding carboxylic acids is 1. The molecule has 0 bridgehead atoms. The lowest BCUT2D eigenvalue weighted by Crippen LogP contribution is -2.23. The fourth-order valence-corrected chi connectivity index (χ4v) is 1.77. The van der Waals surface area contributed by atoms with Crippen molar-refractivity contribution in [2.24, 2.45) is 0 Å². The third-order valence-electron chi connectivity index (χ3n) is 2.66. The Balaban J connectivity index is 2.34. The fourth-order valence-electron chi connectivity index (χ4n) is 1.77. The zero-order chi connectivity index (χ0) is 13.0. The molecule has 0 saturated carbocycles. The number of rotatable bonds is 3. The van der Waals surface area contributed by atoms with E-state index in [1.54, 1.807) is 13.0 Å². The Morgan fingerprint density at radius 1 is 1.11 bits per heavy atom. The summed E-state index contributed by atoms with van der Waals surface area (Å²) in [5.74, 6) is -0.878. The lowest BCUT2D eigenvalue weighted by molar-refractivity contribution is 0.0952. The zero-order valence-corrected chi connectivity index (χ0v) is 10.1. The van der Waals surface area contributed by atoms with E-state index in [-0.39, 0.29) is 11.5 Å². The minimum Gasteiger partial charge on any atom is -0.352 e. The summed E-state index contributed by atoms with van der Waals surface area (Å²) in [6, 6.07) is 14.2. The van der Waals surface area contributed by atoms with E-state index in [1.165, 1.54) is 12.1 Å². The van der Waals surface area contributed by atoms with Gasteiger partial charge in [0, 0.05) is 6.54 Å². The molecule has 1 N–H and O–H groups in total. The number of nitrogens with one attached hydrogen (secondary N) is 1. The van der Waals surface area contributed by atoms with Crippen molar-refractivity contribution in [3.8, 4) is 11.1 Å². The van der Waals surface area contributed by atoms with E-state index in [1.807, 2.05) is 30.3 Å². The zero-order valence-electron chi connectivity index (χ0n) is 10.1. The SMILES string of the molecule is CCNC(=O)c1ccc(-c2ccccc2)cc1F. The van der Waals surface area contributed by atoms with Gasteiger partial charge in [-0.15, -0.1) is 0 Å². The molecule has 0 atom stereocenters. The van der Waals surface area contributed by atoms with Crippen LogP contribution in [-0.4, -0.2) is 12.5 Å². The molecular weight excluding hydrogens is 229 g/mol. The number of hydrogen-bond acceptors (Lipinski definition) is 1. The maximum Gasteiger partial charge on any atom is 0.254 e. The lowest BCUT2D eigenvalue weighted by Gasteiger charge is -2.06. The average Bonchev–Trinajstić information content (AvgIpc) is 2.40. The average molecular weight is 243 g/mol. The second-order valence-electron chi connectivity index (χ2n) is 3.92. The molecule has 0 fully saturated rings. The molecule has 2 aromatic carbocycles. The van der Waals surface area contributed by atoms with Gasteiger partial charge in [-0.2, -0.15) is 0 Å². The number of amides is 1. The summed E-state index contributed by atoms with van der Waals surface area (Å²) in [4.78, 5) is 11.6. The normalized spacial score (nSPS) is 10.1. The van der Waals surface area contributed by atoms with E-state index in [0.717, 1.165) is 11.1 Å². The molecule has 2 nitrogen and oxygen atoms in total. The molecular formula is C15H14FNO. The van der Waals surface area contributed by atoms with Gasteiger partial charge in [0.25, 0.3) is 5.91 Å². The summed E-state index contributed by atoms with van der Waals surface area (Å²) < 4.78 is 13.8. The summed E-state index contributed by atoms with van der Waals surface area (Å²) >= 11 is 0. The Kier molecular flexibility index (Phi) is 3.72. The number of halogens is 1. The van der Waals surface area contributed by atoms with Crippen LogP contribution in [0.3, 0.4) is 0 Å². The van der Waals surface area contributed by atoms with Crippen molar-refractivity contribution < 1.29 is 9.18 Å². The monoisotopic (exact) mass is 243 g/mol. The number of carbonyl (C=O) groups is 1. The molecule has 0 aromatic heterocycles. The van der Waals surface area contributed by atoms with Crippen molar-refractivity contribution in [3.05, 3.63) is 59.9 Å². The Bertz CT molecular complexity index is 552. The predicted molar refractivity (Wildman–Crippen MR) is 69.8 cm³/mol. The smallest absolute Gasteiger partial charge is 0.254 e. The summed E-state index contributed by atoms with van der Waals surface area (Å²) in [6.45, 7) is 2.28. The molecule has 1 amide bonds. The third-order valence-corrected chi connectivity index (χ3v) is 2.66. The van der Waals surface area contributed by atoms with Gasteiger partial charge in [-0.3, -0.25) is 4.79 Å². The molecule has 0 spiro atoms. The van der Waals surface area contributed by atoms with Crippen LogP contribution in [-0.2, 0) is 0 Å². The van der Waals surface area contributed by atoms with Crippen LogP contribution in [0.15, 0.2) is 48.5 Å². The number of benzene rings is 2. The summed E-state index contributed by atoms with van der Waals surface area (Å²) in [6.07, 6.45) is 0. The van der Waals surface area contributed by atoms with Crippen LogP contribution in [0.2, 0.25) is 0 Å². The van der Waals surface area contributed by atoms with Crippen molar-refractivity contribution in [1.82, 2.24) is 5.32 Å². The van der Waals surface area contributed by atoms with Crippen LogP contribution in [0.5, 0.6) is 0 Å². The van der Waals surface area contributed by atoms with Crippen LogP contribution in [0, 0.1) is 5.82 Å². The minimum absolute atomic E-state index is 0.0801. The topological polar surface area (TPSA) is 29.1 Å². The highest BCUT2D eigenvalue weighted by molar-refractivity contribution is 5.94. The van der Waals surface area contributed by atoms with Crippen LogP contribution in [0.1, 0.15) is 17.3 Å². The minimum atomic E-state index is -0.498. The first-order valence-corrected chi connectivity index (χ1v) is 5.85. The van der Waals surface area contributed by atoms with Gasteiger partial charge < -0.3 is 5.32 Å². The first-order valence-electron chi connectivity index (χ1n) is 5.85. The fraction of sp³-hybridized carbons (Fsp3) is 0.133.